The van der Waals surface area contributed by atoms with E-state index in [4.69, 9.17) is 4.98 Å². The van der Waals surface area contributed by atoms with Crippen molar-refractivity contribution in [1.82, 2.24) is 9.55 Å². The number of nitrogens with zero attached hydrogens (tertiary/aromatic N) is 3. The number of aromatic nitrogens is 2. The Balaban J connectivity index is 1.60. The Hall–Kier alpha value is -2.93. The van der Waals surface area contributed by atoms with Gasteiger partial charge in [0.05, 0.1) is 16.4 Å². The molecule has 0 radical (unpaired) electrons. The lowest BCUT2D eigenvalue weighted by atomic mass is 10.0. The van der Waals surface area contributed by atoms with Crippen molar-refractivity contribution in [1.29, 1.82) is 0 Å². The lowest BCUT2D eigenvalue weighted by molar-refractivity contribution is -0.384. The Morgan fingerprint density at radius 1 is 1.11 bits per heavy atom. The number of non-ortho nitro benzene ring substituents is 1. The molecule has 28 heavy (non-hydrogen) atoms. The lowest BCUT2D eigenvalue weighted by Crippen LogP contribution is -2.08. The van der Waals surface area contributed by atoms with Crippen LogP contribution < -0.4 is 0 Å². The molecule has 0 N–H and O–H groups in total. The summed E-state index contributed by atoms with van der Waals surface area (Å²) in [6, 6.07) is 15.9. The fraction of sp³-hybridized carbons (Fsp3) is 0.238. The van der Waals surface area contributed by atoms with E-state index in [0.29, 0.717) is 5.56 Å². The monoisotopic (exact) mass is 393 g/mol. The number of carbonyl (C=O) groups is 1. The van der Waals surface area contributed by atoms with Gasteiger partial charge in [0.15, 0.2) is 10.9 Å². The number of aryl methyl sites for hydroxylation is 1. The molecule has 0 fully saturated rings. The van der Waals surface area contributed by atoms with E-state index >= 15 is 0 Å². The molecule has 7 heteroatoms. The molecule has 1 aromatic heterocycles. The van der Waals surface area contributed by atoms with Crippen LogP contribution in [0.5, 0.6) is 0 Å². The first kappa shape index (κ1) is 18.4. The van der Waals surface area contributed by atoms with Gasteiger partial charge in [0.25, 0.3) is 5.69 Å². The number of ketones is 1. The number of hydrogen-bond acceptors (Lipinski definition) is 5. The second kappa shape index (κ2) is 7.98. The highest BCUT2D eigenvalue weighted by Crippen LogP contribution is 2.31. The third-order valence-corrected chi connectivity index (χ3v) is 5.77. The van der Waals surface area contributed by atoms with Crippen molar-refractivity contribution in [3.63, 3.8) is 0 Å². The summed E-state index contributed by atoms with van der Waals surface area (Å²) in [4.78, 5) is 27.9. The number of nitro benzene ring substituents is 1. The summed E-state index contributed by atoms with van der Waals surface area (Å²) in [5, 5.41) is 11.7. The van der Waals surface area contributed by atoms with Crippen LogP contribution in [0.3, 0.4) is 0 Å². The molecule has 0 aliphatic heterocycles. The van der Waals surface area contributed by atoms with Gasteiger partial charge in [-0.15, -0.1) is 0 Å². The third kappa shape index (κ3) is 3.71. The Kier molecular flexibility index (Phi) is 5.25. The fourth-order valence-corrected chi connectivity index (χ4v) is 4.41. The van der Waals surface area contributed by atoms with E-state index in [2.05, 4.69) is 4.57 Å². The maximum atomic E-state index is 12.6. The topological polar surface area (TPSA) is 78.0 Å². The highest BCUT2D eigenvalue weighted by Gasteiger charge is 2.22. The van der Waals surface area contributed by atoms with Crippen molar-refractivity contribution >= 4 is 23.2 Å². The third-order valence-electron chi connectivity index (χ3n) is 4.83. The van der Waals surface area contributed by atoms with E-state index in [1.807, 2.05) is 30.3 Å². The predicted molar refractivity (Wildman–Crippen MR) is 108 cm³/mol. The second-order valence-electron chi connectivity index (χ2n) is 6.69. The first-order valence-electron chi connectivity index (χ1n) is 9.20. The average Bonchev–Trinajstić information content (AvgIpc) is 3.11. The Labute approximate surface area is 166 Å². The standard InChI is InChI=1S/C21H19N3O3S/c25-20(15-7-6-10-17(13-15)24(26)27)14-28-21-22-18-11-4-5-12-19(18)23(21)16-8-2-1-3-9-16/h1-3,6-10,13H,4-5,11-12,14H2. The van der Waals surface area contributed by atoms with Crippen LogP contribution >= 0.6 is 11.8 Å². The summed E-state index contributed by atoms with van der Waals surface area (Å²) in [7, 11) is 0. The number of thioether (sulfide) groups is 1. The number of para-hydroxylation sites is 1. The minimum atomic E-state index is -0.486. The minimum Gasteiger partial charge on any atom is -0.293 e. The quantitative estimate of drug-likeness (QED) is 0.264. The van der Waals surface area contributed by atoms with Gasteiger partial charge in [-0.1, -0.05) is 42.1 Å². The molecule has 1 heterocycles. The number of fused-ring (bicyclic) bond motifs is 1. The van der Waals surface area contributed by atoms with Gasteiger partial charge in [0, 0.05) is 29.1 Å². The van der Waals surface area contributed by atoms with Gasteiger partial charge in [-0.2, -0.15) is 0 Å². The SMILES string of the molecule is O=C(CSc1nc2c(n1-c1ccccc1)CCCC2)c1cccc([N+](=O)[O-])c1. The van der Waals surface area contributed by atoms with Crippen molar-refractivity contribution in [2.75, 3.05) is 5.75 Å². The van der Waals surface area contributed by atoms with Crippen LogP contribution in [-0.2, 0) is 12.8 Å². The smallest absolute Gasteiger partial charge is 0.270 e. The number of Topliss-reactive ketones (excluding diaryl/α,β-unsaturated/α-hetero) is 1. The average molecular weight is 393 g/mol. The second-order valence-corrected chi connectivity index (χ2v) is 7.63. The van der Waals surface area contributed by atoms with Gasteiger partial charge in [0.1, 0.15) is 0 Å². The van der Waals surface area contributed by atoms with Gasteiger partial charge >= 0.3 is 0 Å². The number of benzene rings is 2. The van der Waals surface area contributed by atoms with Crippen molar-refractivity contribution in [2.45, 2.75) is 30.8 Å². The van der Waals surface area contributed by atoms with Gasteiger partial charge in [-0.3, -0.25) is 19.5 Å². The summed E-state index contributed by atoms with van der Waals surface area (Å²) in [6.07, 6.45) is 4.22. The van der Waals surface area contributed by atoms with E-state index in [9.17, 15) is 14.9 Å². The van der Waals surface area contributed by atoms with Crippen LogP contribution in [0, 0.1) is 10.1 Å². The van der Waals surface area contributed by atoms with Crippen LogP contribution in [0.4, 0.5) is 5.69 Å². The summed E-state index contributed by atoms with van der Waals surface area (Å²) in [5.41, 5.74) is 3.66. The van der Waals surface area contributed by atoms with Crippen molar-refractivity contribution < 1.29 is 9.72 Å². The molecule has 6 nitrogen and oxygen atoms in total. The number of rotatable bonds is 6. The maximum absolute atomic E-state index is 12.6. The predicted octanol–water partition coefficient (Wildman–Crippen LogP) is 4.63. The first-order chi connectivity index (χ1) is 13.6. The molecule has 3 aromatic rings. The molecule has 4 rings (SSSR count). The molecular weight excluding hydrogens is 374 g/mol. The summed E-state index contributed by atoms with van der Waals surface area (Å²) in [6.45, 7) is 0. The number of nitro groups is 1. The summed E-state index contributed by atoms with van der Waals surface area (Å²) >= 11 is 1.39. The minimum absolute atomic E-state index is 0.0721. The van der Waals surface area contributed by atoms with Crippen molar-refractivity contribution in [2.24, 2.45) is 0 Å². The van der Waals surface area contributed by atoms with Crippen LogP contribution in [0.15, 0.2) is 59.8 Å². The molecule has 1 aliphatic rings. The van der Waals surface area contributed by atoms with Crippen LogP contribution in [0.1, 0.15) is 34.6 Å². The molecule has 0 unspecified atom stereocenters. The number of imidazole rings is 1. The largest absolute Gasteiger partial charge is 0.293 e. The van der Waals surface area contributed by atoms with E-state index in [1.165, 1.54) is 29.6 Å². The number of hydrogen-bond donors (Lipinski definition) is 0. The highest BCUT2D eigenvalue weighted by atomic mass is 32.2. The molecule has 0 spiro atoms. The van der Waals surface area contributed by atoms with E-state index in [0.717, 1.165) is 42.2 Å². The molecule has 0 bridgehead atoms. The van der Waals surface area contributed by atoms with Gasteiger partial charge < -0.3 is 0 Å². The molecule has 0 saturated carbocycles. The zero-order valence-electron chi connectivity index (χ0n) is 15.2. The Morgan fingerprint density at radius 2 is 1.89 bits per heavy atom. The van der Waals surface area contributed by atoms with Gasteiger partial charge in [0.2, 0.25) is 0 Å². The van der Waals surface area contributed by atoms with Crippen LogP contribution in [0.25, 0.3) is 5.69 Å². The normalized spacial score (nSPS) is 13.1. The van der Waals surface area contributed by atoms with Crippen LogP contribution in [-0.4, -0.2) is 26.0 Å². The van der Waals surface area contributed by atoms with E-state index in [-0.39, 0.29) is 17.2 Å². The zero-order valence-corrected chi connectivity index (χ0v) is 16.0. The maximum Gasteiger partial charge on any atom is 0.270 e. The van der Waals surface area contributed by atoms with Crippen molar-refractivity contribution in [3.05, 3.63) is 81.7 Å². The molecule has 1 aliphatic carbocycles. The van der Waals surface area contributed by atoms with Crippen LogP contribution in [0.2, 0.25) is 0 Å². The van der Waals surface area contributed by atoms with Gasteiger partial charge in [-0.05, 0) is 37.8 Å². The highest BCUT2D eigenvalue weighted by molar-refractivity contribution is 7.99. The van der Waals surface area contributed by atoms with Gasteiger partial charge in [-0.25, -0.2) is 4.98 Å². The molecule has 2 aromatic carbocycles. The Morgan fingerprint density at radius 3 is 2.68 bits per heavy atom. The summed E-state index contributed by atoms with van der Waals surface area (Å²) in [5.74, 6) is 0.0402. The fourth-order valence-electron chi connectivity index (χ4n) is 3.46. The Bertz CT molecular complexity index is 1030. The lowest BCUT2D eigenvalue weighted by Gasteiger charge is -2.15. The van der Waals surface area contributed by atoms with E-state index in [1.54, 1.807) is 12.1 Å². The molecule has 0 saturated heterocycles. The molecule has 142 valence electrons. The molecule has 0 amide bonds. The zero-order chi connectivity index (χ0) is 19.5. The summed E-state index contributed by atoms with van der Waals surface area (Å²) < 4.78 is 2.15. The molecular formula is C21H19N3O3S. The number of carbonyl (C=O) groups excluding carboxylic acids is 1. The first-order valence-corrected chi connectivity index (χ1v) is 10.2. The van der Waals surface area contributed by atoms with Crippen molar-refractivity contribution in [3.8, 4) is 5.69 Å². The van der Waals surface area contributed by atoms with E-state index < -0.39 is 4.92 Å². The molecule has 0 atom stereocenters.